The van der Waals surface area contributed by atoms with Crippen LogP contribution in [0.3, 0.4) is 0 Å². The first-order chi connectivity index (χ1) is 26.9. The van der Waals surface area contributed by atoms with E-state index >= 15 is 0 Å². The van der Waals surface area contributed by atoms with Crippen LogP contribution in [-0.2, 0) is 48.2 Å². The van der Waals surface area contributed by atoms with E-state index in [1.54, 1.807) is 97.2 Å². The number of ether oxygens (including phenoxy) is 4. The fourth-order valence-corrected chi connectivity index (χ4v) is 8.22. The predicted molar refractivity (Wildman–Crippen MR) is 217 cm³/mol. The van der Waals surface area contributed by atoms with Crippen molar-refractivity contribution in [2.24, 2.45) is 10.7 Å². The van der Waals surface area contributed by atoms with Gasteiger partial charge >= 0.3 is 18.2 Å². The van der Waals surface area contributed by atoms with Gasteiger partial charge in [-0.3, -0.25) is 14.5 Å². The van der Waals surface area contributed by atoms with Crippen LogP contribution in [0, 0.1) is 0 Å². The van der Waals surface area contributed by atoms with E-state index in [2.05, 4.69) is 10.3 Å². The number of esters is 1. The van der Waals surface area contributed by atoms with Crippen molar-refractivity contribution in [2.45, 2.75) is 88.6 Å². The zero-order valence-electron chi connectivity index (χ0n) is 32.9. The summed E-state index contributed by atoms with van der Waals surface area (Å²) in [6, 6.07) is 22.5. The van der Waals surface area contributed by atoms with Gasteiger partial charge in [0.1, 0.15) is 40.7 Å². The molecule has 3 N–H and O–H groups in total. The number of thioether (sulfide) groups is 2. The first-order valence-corrected chi connectivity index (χ1v) is 19.9. The Bertz CT molecular complexity index is 2040. The molecule has 0 saturated carbocycles. The maximum atomic E-state index is 14.0. The van der Waals surface area contributed by atoms with Crippen molar-refractivity contribution in [2.75, 3.05) is 12.9 Å². The maximum absolute atomic E-state index is 14.0. The third kappa shape index (κ3) is 11.5. The standard InChI is InChI=1S/C41H47N5O9S2/c1-40(2,3)54-38(50)44-37(42)45(39(51)55-41(4,5)6)22-27-15-11-12-16-29(27)57-30-24-56-35-32(43-31(47)21-25-13-9-8-10-14-25)34(48)46(35)33(30)36(49)53-23-26-17-19-28(52-7)20-18-26/h8-20,32,35H,21-24H2,1-7H3,(H,43,47)(H2,42,44,50)/t32-,35+/m1/s1. The van der Waals surface area contributed by atoms with E-state index in [4.69, 9.17) is 24.7 Å². The van der Waals surface area contributed by atoms with E-state index in [-0.39, 0.29) is 31.2 Å². The van der Waals surface area contributed by atoms with Crippen LogP contribution in [0.5, 0.6) is 5.75 Å². The van der Waals surface area contributed by atoms with Gasteiger partial charge in [0.05, 0.1) is 20.1 Å². The molecule has 2 aliphatic rings. The largest absolute Gasteiger partial charge is 0.497 e. The summed E-state index contributed by atoms with van der Waals surface area (Å²) in [4.78, 5) is 74.3. The lowest BCUT2D eigenvalue weighted by atomic mass is 10.0. The Morgan fingerprint density at radius 2 is 1.56 bits per heavy atom. The summed E-state index contributed by atoms with van der Waals surface area (Å²) in [5, 5.41) is 2.30. The molecule has 0 unspecified atom stereocenters. The minimum atomic E-state index is -0.985. The second-order valence-corrected chi connectivity index (χ2v) is 17.3. The Kier molecular flexibility index (Phi) is 13.6. The highest BCUT2D eigenvalue weighted by molar-refractivity contribution is 8.06. The lowest BCUT2D eigenvalue weighted by Crippen LogP contribution is -2.70. The van der Waals surface area contributed by atoms with Crippen molar-refractivity contribution in [3.05, 3.63) is 106 Å². The van der Waals surface area contributed by atoms with Gasteiger partial charge in [-0.1, -0.05) is 72.4 Å². The first-order valence-electron chi connectivity index (χ1n) is 18.1. The zero-order chi connectivity index (χ0) is 41.5. The van der Waals surface area contributed by atoms with Crippen molar-refractivity contribution in [1.29, 1.82) is 0 Å². The van der Waals surface area contributed by atoms with E-state index in [9.17, 15) is 24.0 Å². The number of amides is 4. The van der Waals surface area contributed by atoms with Gasteiger partial charge in [0.25, 0.3) is 5.91 Å². The van der Waals surface area contributed by atoms with Crippen molar-refractivity contribution >= 4 is 59.5 Å². The van der Waals surface area contributed by atoms with Gasteiger partial charge < -0.3 is 30.0 Å². The Labute approximate surface area is 340 Å². The average molecular weight is 818 g/mol. The summed E-state index contributed by atoms with van der Waals surface area (Å²) in [5.74, 6) is -0.981. The van der Waals surface area contributed by atoms with E-state index in [1.807, 2.05) is 30.3 Å². The van der Waals surface area contributed by atoms with Crippen LogP contribution in [0.15, 0.2) is 99.4 Å². The fourth-order valence-electron chi connectivity index (χ4n) is 5.64. The molecule has 3 aromatic carbocycles. The van der Waals surface area contributed by atoms with Gasteiger partial charge in [0, 0.05) is 15.6 Å². The molecule has 5 rings (SSSR count). The molecule has 0 bridgehead atoms. The van der Waals surface area contributed by atoms with Crippen LogP contribution in [0.25, 0.3) is 0 Å². The van der Waals surface area contributed by atoms with E-state index in [1.165, 1.54) is 28.4 Å². The molecule has 1 fully saturated rings. The molecular weight excluding hydrogens is 771 g/mol. The molecule has 14 nitrogen and oxygen atoms in total. The second-order valence-electron chi connectivity index (χ2n) is 15.0. The van der Waals surface area contributed by atoms with Gasteiger partial charge in [-0.2, -0.15) is 0 Å². The number of guanidine groups is 1. The molecule has 4 amide bonds. The normalized spacial score (nSPS) is 16.9. The average Bonchev–Trinajstić information content (AvgIpc) is 3.14. The molecule has 57 heavy (non-hydrogen) atoms. The summed E-state index contributed by atoms with van der Waals surface area (Å²) in [5.41, 5.74) is 6.64. The smallest absolute Gasteiger partial charge is 0.437 e. The number of carbonyl (C=O) groups excluding carboxylic acids is 5. The number of nitrogens with zero attached hydrogens (tertiary/aromatic N) is 3. The summed E-state index contributed by atoms with van der Waals surface area (Å²) in [6.07, 6.45) is -1.74. The number of fused-ring (bicyclic) bond motifs is 1. The summed E-state index contributed by atoms with van der Waals surface area (Å²) in [6.45, 7) is 9.87. The summed E-state index contributed by atoms with van der Waals surface area (Å²) >= 11 is 2.62. The first kappa shape index (κ1) is 42.7. The molecule has 0 aromatic heterocycles. The molecule has 3 aromatic rings. The highest BCUT2D eigenvalue weighted by atomic mass is 32.2. The molecule has 2 atom stereocenters. The number of aliphatic imine (C=N–C) groups is 1. The van der Waals surface area contributed by atoms with Crippen molar-refractivity contribution < 1.29 is 42.9 Å². The highest BCUT2D eigenvalue weighted by Gasteiger charge is 2.54. The number of hydrogen-bond donors (Lipinski definition) is 2. The lowest BCUT2D eigenvalue weighted by Gasteiger charge is -2.49. The SMILES string of the molecule is COc1ccc(COC(=O)C2=C(Sc3ccccc3CN(C(=O)OC(C)(C)C)C(N)=NC(=O)OC(C)(C)C)CS[C@H]3[C@H](NC(=O)Cc4ccccc4)C(=O)N23)cc1. The minimum absolute atomic E-state index is 0.0561. The number of benzene rings is 3. The Hall–Kier alpha value is -5.48. The van der Waals surface area contributed by atoms with Gasteiger partial charge in [0.2, 0.25) is 11.9 Å². The molecule has 0 aliphatic carbocycles. The Morgan fingerprint density at radius 1 is 0.912 bits per heavy atom. The summed E-state index contributed by atoms with van der Waals surface area (Å²) in [7, 11) is 1.56. The number of nitrogens with one attached hydrogen (secondary N) is 1. The molecule has 16 heteroatoms. The lowest BCUT2D eigenvalue weighted by molar-refractivity contribution is -0.153. The van der Waals surface area contributed by atoms with Gasteiger partial charge in [-0.25, -0.2) is 19.3 Å². The number of nitrogens with two attached hydrogens (primary N) is 1. The topological polar surface area (TPSA) is 179 Å². The predicted octanol–water partition coefficient (Wildman–Crippen LogP) is 6.37. The molecular formula is C41H47N5O9S2. The third-order valence-electron chi connectivity index (χ3n) is 8.20. The van der Waals surface area contributed by atoms with Crippen LogP contribution in [0.1, 0.15) is 58.2 Å². The number of rotatable bonds is 11. The van der Waals surface area contributed by atoms with Crippen molar-refractivity contribution in [1.82, 2.24) is 15.1 Å². The zero-order valence-corrected chi connectivity index (χ0v) is 34.5. The molecule has 2 heterocycles. The van der Waals surface area contributed by atoms with Crippen molar-refractivity contribution in [3.8, 4) is 5.75 Å². The van der Waals surface area contributed by atoms with Gasteiger partial charge in [-0.05, 0) is 76.4 Å². The van der Waals surface area contributed by atoms with E-state index < -0.39 is 52.6 Å². The molecule has 0 radical (unpaired) electrons. The van der Waals surface area contributed by atoms with Crippen LogP contribution in [0.4, 0.5) is 9.59 Å². The second kappa shape index (κ2) is 18.2. The maximum Gasteiger partial charge on any atom is 0.437 e. The quantitative estimate of drug-likeness (QED) is 0.0719. The summed E-state index contributed by atoms with van der Waals surface area (Å²) < 4.78 is 21.9. The number of methoxy groups -OCH3 is 1. The molecule has 0 spiro atoms. The number of carbonyl (C=O) groups is 5. The molecule has 302 valence electrons. The van der Waals surface area contributed by atoms with Gasteiger partial charge in [0.15, 0.2) is 0 Å². The van der Waals surface area contributed by atoms with Crippen LogP contribution in [-0.4, -0.2) is 81.2 Å². The van der Waals surface area contributed by atoms with Gasteiger partial charge in [-0.15, -0.1) is 16.8 Å². The van der Waals surface area contributed by atoms with E-state index in [0.29, 0.717) is 32.4 Å². The Morgan fingerprint density at radius 3 is 2.21 bits per heavy atom. The monoisotopic (exact) mass is 817 g/mol. The number of hydrogen-bond acceptors (Lipinski definition) is 11. The van der Waals surface area contributed by atoms with Crippen LogP contribution in [0.2, 0.25) is 0 Å². The fraction of sp³-hybridized carbons (Fsp3) is 0.366. The van der Waals surface area contributed by atoms with Crippen LogP contribution >= 0.6 is 23.5 Å². The third-order valence-corrected chi connectivity index (χ3v) is 10.9. The van der Waals surface area contributed by atoms with E-state index in [0.717, 1.165) is 10.5 Å². The van der Waals surface area contributed by atoms with Crippen molar-refractivity contribution in [3.63, 3.8) is 0 Å². The molecule has 2 aliphatic heterocycles. The Balaban J connectivity index is 1.44. The number of β-lactam (4-membered cyclic amide) rings is 1. The molecule has 1 saturated heterocycles. The van der Waals surface area contributed by atoms with Crippen LogP contribution < -0.4 is 15.8 Å². The minimum Gasteiger partial charge on any atom is -0.497 e. The highest BCUT2D eigenvalue weighted by Crippen LogP contribution is 2.46.